The summed E-state index contributed by atoms with van der Waals surface area (Å²) in [5.41, 5.74) is 6.44. The Kier molecular flexibility index (Phi) is 10.2. The smallest absolute Gasteiger partial charge is 0.239 e. The van der Waals surface area contributed by atoms with Crippen molar-refractivity contribution in [2.45, 2.75) is 39.3 Å². The van der Waals surface area contributed by atoms with E-state index in [0.29, 0.717) is 25.9 Å². The summed E-state index contributed by atoms with van der Waals surface area (Å²) in [6.07, 6.45) is 0.948. The first-order chi connectivity index (χ1) is 10.4. The molecule has 0 aromatic heterocycles. The molecule has 1 unspecified atom stereocenters. The predicted octanol–water partition coefficient (Wildman–Crippen LogP) is 1.84. The van der Waals surface area contributed by atoms with Crippen LogP contribution in [-0.4, -0.2) is 35.8 Å². The number of hydrogen-bond donors (Lipinski definition) is 2. The monoisotopic (exact) mass is 345 g/mol. The third kappa shape index (κ3) is 8.52. The molecule has 0 fully saturated rings. The van der Waals surface area contributed by atoms with Crippen molar-refractivity contribution in [2.24, 2.45) is 5.73 Å². The lowest BCUT2D eigenvalue weighted by molar-refractivity contribution is -0.136. The number of likely N-dealkylation sites (N-methyl/N-ethyl adjacent to an activating group) is 1. The number of rotatable bonds is 8. The Balaban J connectivity index is 0.00000484. The van der Waals surface area contributed by atoms with Crippen LogP contribution in [-0.2, 0) is 16.1 Å². The molecule has 3 N–H and O–H groups in total. The van der Waals surface area contributed by atoms with Gasteiger partial charge in [-0.3, -0.25) is 9.59 Å². The fraction of sp³-hybridized carbons (Fsp3) is 0.500. The zero-order valence-corrected chi connectivity index (χ0v) is 14.4. The highest BCUT2D eigenvalue weighted by atomic mass is 35.5. The van der Waals surface area contributed by atoms with Crippen molar-refractivity contribution < 1.29 is 14.0 Å². The highest BCUT2D eigenvalue weighted by Crippen LogP contribution is 2.03. The van der Waals surface area contributed by atoms with Gasteiger partial charge in [0.2, 0.25) is 11.8 Å². The molecule has 0 saturated heterocycles. The van der Waals surface area contributed by atoms with E-state index in [9.17, 15) is 14.0 Å². The van der Waals surface area contributed by atoms with Gasteiger partial charge in [0.25, 0.3) is 0 Å². The van der Waals surface area contributed by atoms with Crippen molar-refractivity contribution in [3.63, 3.8) is 0 Å². The first-order valence-corrected chi connectivity index (χ1v) is 7.46. The molecule has 0 spiro atoms. The largest absolute Gasteiger partial charge is 0.350 e. The molecule has 5 nitrogen and oxygen atoms in total. The molecule has 1 aromatic carbocycles. The summed E-state index contributed by atoms with van der Waals surface area (Å²) < 4.78 is 12.8. The number of carbonyl (C=O) groups is 2. The Morgan fingerprint density at radius 3 is 2.43 bits per heavy atom. The molecule has 0 aliphatic carbocycles. The van der Waals surface area contributed by atoms with Gasteiger partial charge in [0.05, 0.1) is 6.54 Å². The minimum Gasteiger partial charge on any atom is -0.350 e. The van der Waals surface area contributed by atoms with Crippen molar-refractivity contribution in [3.8, 4) is 0 Å². The summed E-state index contributed by atoms with van der Waals surface area (Å²) >= 11 is 0. The average Bonchev–Trinajstić information content (AvgIpc) is 2.49. The average molecular weight is 346 g/mol. The summed E-state index contributed by atoms with van der Waals surface area (Å²) in [5, 5.41) is 2.72. The number of benzene rings is 1. The van der Waals surface area contributed by atoms with E-state index in [2.05, 4.69) is 5.32 Å². The van der Waals surface area contributed by atoms with Gasteiger partial charge in [0.15, 0.2) is 0 Å². The molecule has 1 rings (SSSR count). The van der Waals surface area contributed by atoms with E-state index < -0.39 is 0 Å². The maximum Gasteiger partial charge on any atom is 0.239 e. The Morgan fingerprint density at radius 2 is 1.91 bits per heavy atom. The van der Waals surface area contributed by atoms with E-state index in [4.69, 9.17) is 5.73 Å². The first-order valence-electron chi connectivity index (χ1n) is 7.46. The zero-order chi connectivity index (χ0) is 16.5. The van der Waals surface area contributed by atoms with Gasteiger partial charge in [-0.15, -0.1) is 12.4 Å². The minimum atomic E-state index is -0.313. The van der Waals surface area contributed by atoms with Crippen LogP contribution in [0.4, 0.5) is 4.39 Å². The third-order valence-electron chi connectivity index (χ3n) is 3.29. The molecule has 0 aliphatic heterocycles. The van der Waals surface area contributed by atoms with Gasteiger partial charge in [-0.25, -0.2) is 4.39 Å². The van der Waals surface area contributed by atoms with Gasteiger partial charge in [-0.05, 0) is 38.0 Å². The van der Waals surface area contributed by atoms with Gasteiger partial charge in [0.1, 0.15) is 5.82 Å². The van der Waals surface area contributed by atoms with Crippen molar-refractivity contribution >= 4 is 24.2 Å². The van der Waals surface area contributed by atoms with Gasteiger partial charge >= 0.3 is 0 Å². The summed E-state index contributed by atoms with van der Waals surface area (Å²) in [4.78, 5) is 25.4. The van der Waals surface area contributed by atoms with E-state index >= 15 is 0 Å². The number of carbonyl (C=O) groups excluding carboxylic acids is 2. The van der Waals surface area contributed by atoms with Crippen LogP contribution in [0, 0.1) is 5.82 Å². The third-order valence-corrected chi connectivity index (χ3v) is 3.29. The van der Waals surface area contributed by atoms with Gasteiger partial charge < -0.3 is 16.0 Å². The van der Waals surface area contributed by atoms with Crippen LogP contribution in [0.5, 0.6) is 0 Å². The number of nitrogens with zero attached hydrogens (tertiary/aromatic N) is 1. The molecule has 0 saturated carbocycles. The second-order valence-corrected chi connectivity index (χ2v) is 5.33. The van der Waals surface area contributed by atoms with Gasteiger partial charge in [-0.2, -0.15) is 0 Å². The van der Waals surface area contributed by atoms with Gasteiger partial charge in [-0.1, -0.05) is 12.1 Å². The lowest BCUT2D eigenvalue weighted by Crippen LogP contribution is -2.40. The number of amides is 2. The van der Waals surface area contributed by atoms with E-state index in [1.807, 2.05) is 13.8 Å². The molecule has 0 bridgehead atoms. The minimum absolute atomic E-state index is 0. The molecular formula is C16H25ClFN3O2. The number of nitrogens with one attached hydrogen (secondary N) is 1. The predicted molar refractivity (Wildman–Crippen MR) is 90.6 cm³/mol. The summed E-state index contributed by atoms with van der Waals surface area (Å²) in [6.45, 7) is 4.48. The molecule has 0 aliphatic rings. The number of halogens is 2. The molecule has 23 heavy (non-hydrogen) atoms. The van der Waals surface area contributed by atoms with Crippen LogP contribution in [0.3, 0.4) is 0 Å². The van der Waals surface area contributed by atoms with Crippen molar-refractivity contribution in [3.05, 3.63) is 35.6 Å². The maximum absolute atomic E-state index is 12.8. The second-order valence-electron chi connectivity index (χ2n) is 5.33. The van der Waals surface area contributed by atoms with Crippen LogP contribution >= 0.6 is 12.4 Å². The molecule has 0 heterocycles. The van der Waals surface area contributed by atoms with Crippen molar-refractivity contribution in [1.29, 1.82) is 0 Å². The Labute approximate surface area is 142 Å². The highest BCUT2D eigenvalue weighted by molar-refractivity contribution is 5.85. The molecule has 2 amide bonds. The second kappa shape index (κ2) is 11.0. The van der Waals surface area contributed by atoms with Crippen LogP contribution in [0.15, 0.2) is 24.3 Å². The lowest BCUT2D eigenvalue weighted by atomic mass is 10.2. The number of hydrogen-bond acceptors (Lipinski definition) is 3. The normalized spacial score (nSPS) is 11.3. The Hall–Kier alpha value is -1.66. The Morgan fingerprint density at radius 1 is 1.30 bits per heavy atom. The van der Waals surface area contributed by atoms with Crippen LogP contribution in [0.25, 0.3) is 0 Å². The van der Waals surface area contributed by atoms with Crippen LogP contribution in [0.1, 0.15) is 32.3 Å². The molecule has 7 heteroatoms. The summed E-state index contributed by atoms with van der Waals surface area (Å²) in [5.74, 6) is -0.621. The molecule has 0 radical (unpaired) electrons. The molecule has 130 valence electrons. The fourth-order valence-electron chi connectivity index (χ4n) is 1.92. The molecule has 1 aromatic rings. The standard InChI is InChI=1S/C16H24FN3O2.ClH/c1-3-20(16(22)9-4-12(2)18)11-15(21)19-10-13-5-7-14(17)8-6-13;/h5-8,12H,3-4,9-11,18H2,1-2H3,(H,19,21);1H. The van der Waals surface area contributed by atoms with E-state index in [1.54, 1.807) is 12.1 Å². The number of nitrogens with two attached hydrogens (primary N) is 1. The summed E-state index contributed by atoms with van der Waals surface area (Å²) in [6, 6.07) is 5.88. The quantitative estimate of drug-likeness (QED) is 0.755. The Bertz CT molecular complexity index is 495. The van der Waals surface area contributed by atoms with Crippen LogP contribution < -0.4 is 11.1 Å². The molecule has 1 atom stereocenters. The molecular weight excluding hydrogens is 321 g/mol. The zero-order valence-electron chi connectivity index (χ0n) is 13.5. The van der Waals surface area contributed by atoms with Crippen LogP contribution in [0.2, 0.25) is 0 Å². The van der Waals surface area contributed by atoms with E-state index in [1.165, 1.54) is 17.0 Å². The van der Waals surface area contributed by atoms with Gasteiger partial charge in [0, 0.05) is 25.6 Å². The lowest BCUT2D eigenvalue weighted by Gasteiger charge is -2.20. The first kappa shape index (κ1) is 21.3. The maximum atomic E-state index is 12.8. The topological polar surface area (TPSA) is 75.4 Å². The SMILES string of the molecule is CCN(CC(=O)NCc1ccc(F)cc1)C(=O)CCC(C)N.Cl. The fourth-order valence-corrected chi connectivity index (χ4v) is 1.92. The van der Waals surface area contributed by atoms with Crippen molar-refractivity contribution in [2.75, 3.05) is 13.1 Å². The van der Waals surface area contributed by atoms with Crippen molar-refractivity contribution in [1.82, 2.24) is 10.2 Å². The van der Waals surface area contributed by atoms with E-state index in [-0.39, 0.29) is 42.6 Å². The van der Waals surface area contributed by atoms with E-state index in [0.717, 1.165) is 5.56 Å². The summed E-state index contributed by atoms with van der Waals surface area (Å²) in [7, 11) is 0. The highest BCUT2D eigenvalue weighted by Gasteiger charge is 2.15.